The van der Waals surface area contributed by atoms with Gasteiger partial charge in [0.25, 0.3) is 0 Å². The lowest BCUT2D eigenvalue weighted by molar-refractivity contribution is 0.332. The van der Waals surface area contributed by atoms with Crippen molar-refractivity contribution in [2.45, 2.75) is 38.6 Å². The van der Waals surface area contributed by atoms with Crippen molar-refractivity contribution < 1.29 is 4.39 Å². The van der Waals surface area contributed by atoms with Crippen molar-refractivity contribution in [3.8, 4) is 0 Å². The zero-order chi connectivity index (χ0) is 13.0. The molecule has 2 N–H and O–H groups in total. The molecule has 0 atom stereocenters. The summed E-state index contributed by atoms with van der Waals surface area (Å²) in [6.07, 6.45) is 4.87. The summed E-state index contributed by atoms with van der Waals surface area (Å²) < 4.78 is 12.8. The maximum Gasteiger partial charge on any atom is 0.170 e. The van der Waals surface area contributed by atoms with Crippen LogP contribution < -0.4 is 10.6 Å². The van der Waals surface area contributed by atoms with Crippen LogP contribution in [0.2, 0.25) is 0 Å². The van der Waals surface area contributed by atoms with Gasteiger partial charge >= 0.3 is 0 Å². The van der Waals surface area contributed by atoms with E-state index in [9.17, 15) is 4.39 Å². The van der Waals surface area contributed by atoms with Gasteiger partial charge in [-0.05, 0) is 68.1 Å². The number of anilines is 1. The van der Waals surface area contributed by atoms with Gasteiger partial charge in [0, 0.05) is 11.7 Å². The number of thiocarbonyl (C=S) groups is 1. The van der Waals surface area contributed by atoms with Crippen molar-refractivity contribution in [3.05, 3.63) is 30.1 Å². The Bertz CT molecular complexity index is 397. The molecule has 18 heavy (non-hydrogen) atoms. The predicted octanol–water partition coefficient (Wildman–Crippen LogP) is 3.69. The number of rotatable bonds is 2. The van der Waals surface area contributed by atoms with Crippen molar-refractivity contribution in [3.63, 3.8) is 0 Å². The van der Waals surface area contributed by atoms with Crippen molar-refractivity contribution >= 4 is 23.0 Å². The highest BCUT2D eigenvalue weighted by atomic mass is 32.1. The Morgan fingerprint density at radius 3 is 2.39 bits per heavy atom. The lowest BCUT2D eigenvalue weighted by Crippen LogP contribution is -2.39. The van der Waals surface area contributed by atoms with Crippen LogP contribution in [0.15, 0.2) is 24.3 Å². The summed E-state index contributed by atoms with van der Waals surface area (Å²) >= 11 is 5.26. The highest BCUT2D eigenvalue weighted by Gasteiger charge is 2.18. The number of benzene rings is 1. The standard InChI is InChI=1S/C14H19FN2S/c1-10-2-6-12(7-3-10)16-14(18)17-13-8-4-11(15)5-9-13/h4-5,8-10,12H,2-3,6-7H2,1H3,(H2,16,17,18). The molecule has 0 aromatic heterocycles. The average Bonchev–Trinajstić information content (AvgIpc) is 2.35. The highest BCUT2D eigenvalue weighted by molar-refractivity contribution is 7.80. The second-order valence-electron chi connectivity index (χ2n) is 5.06. The quantitative estimate of drug-likeness (QED) is 0.798. The summed E-state index contributed by atoms with van der Waals surface area (Å²) in [5.74, 6) is 0.599. The number of halogens is 1. The van der Waals surface area contributed by atoms with Crippen LogP contribution in [0.25, 0.3) is 0 Å². The van der Waals surface area contributed by atoms with Crippen LogP contribution in [-0.2, 0) is 0 Å². The van der Waals surface area contributed by atoms with Gasteiger partial charge in [-0.3, -0.25) is 0 Å². The normalized spacial score (nSPS) is 23.4. The van der Waals surface area contributed by atoms with Crippen LogP contribution in [0.1, 0.15) is 32.6 Å². The molecule has 0 heterocycles. The third-order valence-electron chi connectivity index (χ3n) is 3.45. The maximum absolute atomic E-state index is 12.8. The van der Waals surface area contributed by atoms with Crippen LogP contribution >= 0.6 is 12.2 Å². The van der Waals surface area contributed by atoms with Gasteiger partial charge in [0.15, 0.2) is 5.11 Å². The summed E-state index contributed by atoms with van der Waals surface area (Å²) in [6.45, 7) is 2.30. The Labute approximate surface area is 113 Å². The van der Waals surface area contributed by atoms with E-state index < -0.39 is 0 Å². The molecule has 0 saturated heterocycles. The van der Waals surface area contributed by atoms with Crippen LogP contribution in [0, 0.1) is 11.7 Å². The molecule has 1 aliphatic carbocycles. The van der Waals surface area contributed by atoms with Crippen molar-refractivity contribution in [1.29, 1.82) is 0 Å². The Morgan fingerprint density at radius 2 is 1.78 bits per heavy atom. The predicted molar refractivity (Wildman–Crippen MR) is 77.2 cm³/mol. The second-order valence-corrected chi connectivity index (χ2v) is 5.47. The average molecular weight is 266 g/mol. The molecule has 98 valence electrons. The van der Waals surface area contributed by atoms with Gasteiger partial charge in [0.05, 0.1) is 0 Å². The van der Waals surface area contributed by atoms with E-state index in [2.05, 4.69) is 17.6 Å². The molecule has 0 unspecified atom stereocenters. The first-order chi connectivity index (χ1) is 8.63. The second kappa shape index (κ2) is 6.14. The van der Waals surface area contributed by atoms with Gasteiger partial charge < -0.3 is 10.6 Å². The van der Waals surface area contributed by atoms with Crippen molar-refractivity contribution in [2.24, 2.45) is 5.92 Å². The molecule has 4 heteroatoms. The minimum atomic E-state index is -0.235. The van der Waals surface area contributed by atoms with E-state index in [-0.39, 0.29) is 5.82 Å². The van der Waals surface area contributed by atoms with Gasteiger partial charge in [0.2, 0.25) is 0 Å². The van der Waals surface area contributed by atoms with Crippen molar-refractivity contribution in [2.75, 3.05) is 5.32 Å². The summed E-state index contributed by atoms with van der Waals surface area (Å²) in [4.78, 5) is 0. The van der Waals surface area contributed by atoms with E-state index in [1.807, 2.05) is 0 Å². The van der Waals surface area contributed by atoms with Gasteiger partial charge in [-0.15, -0.1) is 0 Å². The van der Waals surface area contributed by atoms with Crippen LogP contribution in [0.4, 0.5) is 10.1 Å². The molecular formula is C14H19FN2S. The molecule has 1 aromatic rings. The van der Waals surface area contributed by atoms with E-state index in [4.69, 9.17) is 12.2 Å². The monoisotopic (exact) mass is 266 g/mol. The van der Waals surface area contributed by atoms with Gasteiger partial charge in [-0.2, -0.15) is 0 Å². The molecule has 1 aromatic carbocycles. The maximum atomic E-state index is 12.8. The topological polar surface area (TPSA) is 24.1 Å². The molecule has 0 bridgehead atoms. The summed E-state index contributed by atoms with van der Waals surface area (Å²) in [6, 6.07) is 6.69. The Kier molecular flexibility index (Phi) is 4.53. The van der Waals surface area contributed by atoms with E-state index in [1.165, 1.54) is 37.8 Å². The zero-order valence-corrected chi connectivity index (χ0v) is 11.4. The van der Waals surface area contributed by atoms with Gasteiger partial charge in [0.1, 0.15) is 5.82 Å². The minimum Gasteiger partial charge on any atom is -0.360 e. The summed E-state index contributed by atoms with van der Waals surface area (Å²) in [7, 11) is 0. The molecule has 2 rings (SSSR count). The highest BCUT2D eigenvalue weighted by Crippen LogP contribution is 2.23. The van der Waals surface area contributed by atoms with E-state index in [0.29, 0.717) is 11.2 Å². The molecule has 0 radical (unpaired) electrons. The minimum absolute atomic E-state index is 0.235. The number of hydrogen-bond donors (Lipinski definition) is 2. The molecule has 0 aliphatic heterocycles. The van der Waals surface area contributed by atoms with Crippen LogP contribution in [-0.4, -0.2) is 11.2 Å². The lowest BCUT2D eigenvalue weighted by atomic mass is 9.87. The first-order valence-electron chi connectivity index (χ1n) is 6.46. The molecular weight excluding hydrogens is 247 g/mol. The van der Waals surface area contributed by atoms with Crippen LogP contribution in [0.5, 0.6) is 0 Å². The first kappa shape index (κ1) is 13.3. The lowest BCUT2D eigenvalue weighted by Gasteiger charge is -2.28. The first-order valence-corrected chi connectivity index (χ1v) is 6.87. The van der Waals surface area contributed by atoms with Gasteiger partial charge in [-0.25, -0.2) is 4.39 Å². The molecule has 2 nitrogen and oxygen atoms in total. The van der Waals surface area contributed by atoms with E-state index >= 15 is 0 Å². The molecule has 0 amide bonds. The summed E-state index contributed by atoms with van der Waals surface area (Å²) in [5.41, 5.74) is 0.818. The molecule has 1 aliphatic rings. The number of nitrogens with one attached hydrogen (secondary N) is 2. The Balaban J connectivity index is 1.80. The van der Waals surface area contributed by atoms with E-state index in [0.717, 1.165) is 11.6 Å². The fourth-order valence-corrected chi connectivity index (χ4v) is 2.57. The summed E-state index contributed by atoms with van der Waals surface area (Å²) in [5, 5.41) is 7.04. The zero-order valence-electron chi connectivity index (χ0n) is 10.6. The van der Waals surface area contributed by atoms with Crippen LogP contribution in [0.3, 0.4) is 0 Å². The molecule has 0 spiro atoms. The molecule has 1 saturated carbocycles. The fraction of sp³-hybridized carbons (Fsp3) is 0.500. The van der Waals surface area contributed by atoms with Crippen molar-refractivity contribution in [1.82, 2.24) is 5.32 Å². The third-order valence-corrected chi connectivity index (χ3v) is 3.67. The fourth-order valence-electron chi connectivity index (χ4n) is 2.29. The smallest absolute Gasteiger partial charge is 0.170 e. The Morgan fingerprint density at radius 1 is 1.17 bits per heavy atom. The SMILES string of the molecule is CC1CCC(NC(=S)Nc2ccc(F)cc2)CC1. The number of hydrogen-bond acceptors (Lipinski definition) is 1. The molecule has 1 fully saturated rings. The largest absolute Gasteiger partial charge is 0.360 e. The van der Waals surface area contributed by atoms with E-state index in [1.54, 1.807) is 12.1 Å². The van der Waals surface area contributed by atoms with Gasteiger partial charge in [-0.1, -0.05) is 6.92 Å². The Hall–Kier alpha value is -1.16. The third kappa shape index (κ3) is 3.95.